The van der Waals surface area contributed by atoms with Crippen molar-refractivity contribution in [3.63, 3.8) is 0 Å². The van der Waals surface area contributed by atoms with E-state index in [1.54, 1.807) is 0 Å². The van der Waals surface area contributed by atoms with E-state index in [2.05, 4.69) is 10.5 Å². The third-order valence-corrected chi connectivity index (χ3v) is 3.50. The summed E-state index contributed by atoms with van der Waals surface area (Å²) in [5.41, 5.74) is 8.18. The van der Waals surface area contributed by atoms with Gasteiger partial charge in [0.15, 0.2) is 0 Å². The molecule has 0 aromatic heterocycles. The zero-order chi connectivity index (χ0) is 17.3. The van der Waals surface area contributed by atoms with Gasteiger partial charge in [0.2, 0.25) is 0 Å². The Balaban J connectivity index is 2.08. The molecule has 1 heterocycles. The first-order valence-electron chi connectivity index (χ1n) is 6.91. The van der Waals surface area contributed by atoms with Crippen LogP contribution in [0.25, 0.3) is 11.1 Å². The van der Waals surface area contributed by atoms with Crippen LogP contribution in [-0.2, 0) is 10.9 Å². The van der Waals surface area contributed by atoms with Crippen molar-refractivity contribution in [2.45, 2.75) is 6.18 Å². The van der Waals surface area contributed by atoms with E-state index in [0.717, 1.165) is 6.07 Å². The van der Waals surface area contributed by atoms with Crippen LogP contribution in [0.5, 0.6) is 0 Å². The minimum absolute atomic E-state index is 0.0348. The number of benzene rings is 2. The van der Waals surface area contributed by atoms with Crippen LogP contribution in [0.3, 0.4) is 0 Å². The average molecular weight is 335 g/mol. The number of nitrogens with one attached hydrogen (secondary N) is 1. The van der Waals surface area contributed by atoms with Gasteiger partial charge >= 0.3 is 12.3 Å². The maximum atomic E-state index is 13.5. The number of nitrogens with two attached hydrogens (primary N) is 1. The van der Waals surface area contributed by atoms with Gasteiger partial charge in [-0.25, -0.2) is 10.2 Å². The zero-order valence-corrected chi connectivity index (χ0v) is 12.2. The molecule has 3 rings (SSSR count). The van der Waals surface area contributed by atoms with Gasteiger partial charge in [-0.2, -0.15) is 18.3 Å². The van der Waals surface area contributed by atoms with Gasteiger partial charge in [0.25, 0.3) is 0 Å². The first-order valence-corrected chi connectivity index (χ1v) is 6.91. The predicted molar refractivity (Wildman–Crippen MR) is 82.3 cm³/mol. The van der Waals surface area contributed by atoms with Gasteiger partial charge in [0.05, 0.1) is 5.56 Å². The van der Waals surface area contributed by atoms with E-state index in [9.17, 15) is 18.0 Å². The number of halogens is 3. The van der Waals surface area contributed by atoms with Gasteiger partial charge < -0.3 is 10.5 Å². The molecule has 1 aliphatic heterocycles. The van der Waals surface area contributed by atoms with E-state index in [0.29, 0.717) is 11.3 Å². The Kier molecular flexibility index (Phi) is 3.88. The highest BCUT2D eigenvalue weighted by atomic mass is 19.4. The van der Waals surface area contributed by atoms with Crippen molar-refractivity contribution >= 4 is 17.5 Å². The summed E-state index contributed by atoms with van der Waals surface area (Å²) in [5.74, 6) is 0. The smallest absolute Gasteiger partial charge is 0.428 e. The lowest BCUT2D eigenvalue weighted by molar-refractivity contribution is -0.137. The summed E-state index contributed by atoms with van der Waals surface area (Å²) in [6.45, 7) is -0.190. The first-order chi connectivity index (χ1) is 11.3. The van der Waals surface area contributed by atoms with E-state index in [-0.39, 0.29) is 23.4 Å². The molecule has 2 aromatic carbocycles. The Morgan fingerprint density at radius 1 is 1.08 bits per heavy atom. The number of hydrazone groups is 1. The van der Waals surface area contributed by atoms with Crippen molar-refractivity contribution in [3.8, 4) is 11.1 Å². The van der Waals surface area contributed by atoms with Crippen molar-refractivity contribution in [2.24, 2.45) is 5.10 Å². The lowest BCUT2D eigenvalue weighted by Gasteiger charge is -2.17. The van der Waals surface area contributed by atoms with Crippen LogP contribution >= 0.6 is 0 Å². The summed E-state index contributed by atoms with van der Waals surface area (Å²) in [7, 11) is 0. The van der Waals surface area contributed by atoms with Crippen LogP contribution in [0.2, 0.25) is 0 Å². The van der Waals surface area contributed by atoms with Gasteiger partial charge in [-0.1, -0.05) is 24.3 Å². The fraction of sp³-hybridized carbons (Fsp3) is 0.125. The number of amides is 1. The molecule has 24 heavy (non-hydrogen) atoms. The average Bonchev–Trinajstić information content (AvgIpc) is 2.55. The van der Waals surface area contributed by atoms with E-state index in [1.807, 2.05) is 0 Å². The van der Waals surface area contributed by atoms with Gasteiger partial charge in [0.1, 0.15) is 12.3 Å². The highest BCUT2D eigenvalue weighted by molar-refractivity contribution is 6.04. The molecule has 3 N–H and O–H groups in total. The second kappa shape index (κ2) is 5.88. The molecule has 2 aromatic rings. The first kappa shape index (κ1) is 15.9. The molecule has 0 fully saturated rings. The number of nitrogen functional groups attached to an aromatic ring is 1. The molecule has 0 saturated carbocycles. The van der Waals surface area contributed by atoms with Crippen LogP contribution in [0.15, 0.2) is 47.6 Å². The van der Waals surface area contributed by atoms with Crippen molar-refractivity contribution < 1.29 is 22.7 Å². The minimum atomic E-state index is -4.55. The molecule has 124 valence electrons. The normalized spacial score (nSPS) is 14.6. The molecular formula is C16H12F3N3O2. The topological polar surface area (TPSA) is 76.7 Å². The van der Waals surface area contributed by atoms with E-state index in [1.165, 1.54) is 36.4 Å². The van der Waals surface area contributed by atoms with E-state index >= 15 is 0 Å². The van der Waals surface area contributed by atoms with Crippen LogP contribution in [-0.4, -0.2) is 18.4 Å². The minimum Gasteiger partial charge on any atom is -0.442 e. The lowest BCUT2D eigenvalue weighted by Crippen LogP contribution is -2.30. The van der Waals surface area contributed by atoms with Crippen molar-refractivity contribution in [1.29, 1.82) is 0 Å². The molecule has 0 saturated heterocycles. The van der Waals surface area contributed by atoms with Gasteiger partial charge in [-0.3, -0.25) is 0 Å². The molecule has 0 spiro atoms. The predicted octanol–water partition coefficient (Wildman–Crippen LogP) is 3.40. The largest absolute Gasteiger partial charge is 0.442 e. The van der Waals surface area contributed by atoms with Crippen LogP contribution in [0.4, 0.5) is 23.7 Å². The van der Waals surface area contributed by atoms with Crippen LogP contribution in [0.1, 0.15) is 11.1 Å². The molecule has 5 nitrogen and oxygen atoms in total. The summed E-state index contributed by atoms with van der Waals surface area (Å²) in [6, 6.07) is 9.99. The highest BCUT2D eigenvalue weighted by Gasteiger charge is 2.34. The molecular weight excluding hydrogens is 323 g/mol. The monoisotopic (exact) mass is 335 g/mol. The molecule has 0 bridgehead atoms. The summed E-state index contributed by atoms with van der Waals surface area (Å²) in [4.78, 5) is 10.9. The van der Waals surface area contributed by atoms with Gasteiger partial charge in [0, 0.05) is 11.3 Å². The molecule has 1 aliphatic rings. The number of hydrogen-bond acceptors (Lipinski definition) is 4. The molecule has 0 atom stereocenters. The van der Waals surface area contributed by atoms with Crippen molar-refractivity contribution in [1.82, 2.24) is 5.43 Å². The quantitative estimate of drug-likeness (QED) is 0.826. The Morgan fingerprint density at radius 3 is 2.33 bits per heavy atom. The number of cyclic esters (lactones) is 1. The van der Waals surface area contributed by atoms with E-state index < -0.39 is 17.8 Å². The fourth-order valence-electron chi connectivity index (χ4n) is 2.33. The van der Waals surface area contributed by atoms with Gasteiger partial charge in [-0.05, 0) is 29.3 Å². The second-order valence-electron chi connectivity index (χ2n) is 5.13. The number of carbonyl (C=O) groups excluding carboxylic acids is 1. The zero-order valence-electron chi connectivity index (χ0n) is 12.2. The maximum absolute atomic E-state index is 13.5. The molecule has 1 amide bonds. The number of alkyl halides is 3. The third-order valence-electron chi connectivity index (χ3n) is 3.50. The molecule has 0 radical (unpaired) electrons. The maximum Gasteiger partial charge on any atom is 0.428 e. The number of anilines is 1. The van der Waals surface area contributed by atoms with Crippen molar-refractivity contribution in [2.75, 3.05) is 12.3 Å². The van der Waals surface area contributed by atoms with Crippen LogP contribution < -0.4 is 11.2 Å². The number of ether oxygens (including phenoxy) is 1. The summed E-state index contributed by atoms with van der Waals surface area (Å²) in [6.07, 6.45) is -5.29. The summed E-state index contributed by atoms with van der Waals surface area (Å²) >= 11 is 0. The second-order valence-corrected chi connectivity index (χ2v) is 5.13. The number of rotatable bonds is 2. The Labute approximate surface area is 134 Å². The summed E-state index contributed by atoms with van der Waals surface area (Å²) in [5, 5.41) is 3.73. The van der Waals surface area contributed by atoms with Gasteiger partial charge in [-0.15, -0.1) is 0 Å². The highest BCUT2D eigenvalue weighted by Crippen LogP contribution is 2.38. The third kappa shape index (κ3) is 3.17. The van der Waals surface area contributed by atoms with Crippen LogP contribution in [0, 0.1) is 0 Å². The lowest BCUT2D eigenvalue weighted by atomic mass is 9.95. The number of carbonyl (C=O) groups is 1. The van der Waals surface area contributed by atoms with Crippen molar-refractivity contribution in [3.05, 3.63) is 53.6 Å². The molecule has 0 aliphatic carbocycles. The summed E-state index contributed by atoms with van der Waals surface area (Å²) < 4.78 is 45.1. The Bertz CT molecular complexity index is 814. The molecule has 0 unspecified atom stereocenters. The SMILES string of the molecule is Nc1ccc(-c2ccc(C3=NNC(=O)OC3)cc2C(F)(F)F)cc1. The Morgan fingerprint density at radius 2 is 1.75 bits per heavy atom. The number of nitrogens with zero attached hydrogens (tertiary/aromatic N) is 1. The fourth-order valence-corrected chi connectivity index (χ4v) is 2.33. The van der Waals surface area contributed by atoms with E-state index in [4.69, 9.17) is 10.5 Å². The molecule has 8 heteroatoms. The number of hydrogen-bond donors (Lipinski definition) is 2. The standard InChI is InChI=1S/C16H12F3N3O2/c17-16(18,19)13-7-10(14-8-24-15(23)22-21-14)3-6-12(13)9-1-4-11(20)5-2-9/h1-7H,8,20H2,(H,22,23). The Hall–Kier alpha value is -3.03.